The van der Waals surface area contributed by atoms with Gasteiger partial charge < -0.3 is 15.8 Å². The van der Waals surface area contributed by atoms with Gasteiger partial charge in [-0.2, -0.15) is 8.78 Å². The number of nitrogens with zero attached hydrogens (tertiary/aromatic N) is 3. The van der Waals surface area contributed by atoms with Crippen molar-refractivity contribution in [2.75, 3.05) is 11.1 Å². The molecule has 1 aromatic heterocycles. The Morgan fingerprint density at radius 3 is 2.71 bits per heavy atom. The summed E-state index contributed by atoms with van der Waals surface area (Å²) in [4.78, 5) is 12.9. The number of aliphatic imine (C=N–C) groups is 1. The standard InChI is InChI=1S/C19H16F2N6O/c20-18(21)28-13-3-1-2-11(8-13)19(23)14-9-12(22)4-5-15(14)26-17(27-19)16-10-24-6-7-25-16/h1-10,18H,22-23H2,(H,26,27). The largest absolute Gasteiger partial charge is 0.435 e. The van der Waals surface area contributed by atoms with Crippen molar-refractivity contribution >= 4 is 17.2 Å². The van der Waals surface area contributed by atoms with E-state index in [1.807, 2.05) is 0 Å². The number of benzene rings is 2. The Kier molecular flexibility index (Phi) is 4.36. The van der Waals surface area contributed by atoms with E-state index in [-0.39, 0.29) is 5.75 Å². The minimum atomic E-state index is -2.95. The number of halogens is 2. The Bertz CT molecular complexity index is 1040. The highest BCUT2D eigenvalue weighted by Crippen LogP contribution is 2.39. The minimum Gasteiger partial charge on any atom is -0.435 e. The topological polar surface area (TPSA) is 111 Å². The van der Waals surface area contributed by atoms with Crippen LogP contribution in [0.3, 0.4) is 0 Å². The molecule has 28 heavy (non-hydrogen) atoms. The molecule has 1 unspecified atom stereocenters. The van der Waals surface area contributed by atoms with E-state index in [9.17, 15) is 8.78 Å². The van der Waals surface area contributed by atoms with Crippen LogP contribution < -0.4 is 21.5 Å². The second-order valence-electron chi connectivity index (χ2n) is 6.15. The van der Waals surface area contributed by atoms with Crippen molar-refractivity contribution in [1.29, 1.82) is 0 Å². The van der Waals surface area contributed by atoms with Crippen molar-refractivity contribution in [3.8, 4) is 5.75 Å². The van der Waals surface area contributed by atoms with E-state index in [1.54, 1.807) is 42.7 Å². The summed E-state index contributed by atoms with van der Waals surface area (Å²) in [6.07, 6.45) is 4.63. The minimum absolute atomic E-state index is 0.0161. The Hall–Kier alpha value is -3.59. The summed E-state index contributed by atoms with van der Waals surface area (Å²) in [5, 5.41) is 3.17. The molecule has 1 aliphatic heterocycles. The van der Waals surface area contributed by atoms with Gasteiger partial charge in [0.15, 0.2) is 11.5 Å². The van der Waals surface area contributed by atoms with Crippen LogP contribution in [0.2, 0.25) is 0 Å². The Labute approximate surface area is 159 Å². The third kappa shape index (κ3) is 3.23. The summed E-state index contributed by atoms with van der Waals surface area (Å²) in [6.45, 7) is -2.95. The van der Waals surface area contributed by atoms with Crippen LogP contribution in [0.15, 0.2) is 66.0 Å². The molecule has 142 valence electrons. The fourth-order valence-corrected chi connectivity index (χ4v) is 3.05. The lowest BCUT2D eigenvalue weighted by Crippen LogP contribution is -2.42. The number of nitrogens with two attached hydrogens (primary N) is 2. The molecule has 0 amide bonds. The molecule has 0 aliphatic carbocycles. The summed E-state index contributed by atoms with van der Waals surface area (Å²) >= 11 is 0. The van der Waals surface area contributed by atoms with Crippen LogP contribution >= 0.6 is 0 Å². The highest BCUT2D eigenvalue weighted by atomic mass is 19.3. The smallest absolute Gasteiger partial charge is 0.387 e. The molecule has 1 atom stereocenters. The predicted octanol–water partition coefficient (Wildman–Crippen LogP) is 2.69. The number of alkyl halides is 2. The van der Waals surface area contributed by atoms with Crippen LogP contribution in [0.5, 0.6) is 5.75 Å². The molecule has 2 aromatic carbocycles. The van der Waals surface area contributed by atoms with Gasteiger partial charge in [0.2, 0.25) is 0 Å². The van der Waals surface area contributed by atoms with Crippen molar-refractivity contribution < 1.29 is 13.5 Å². The first kappa shape index (κ1) is 17.8. The van der Waals surface area contributed by atoms with E-state index in [0.29, 0.717) is 34.0 Å². The lowest BCUT2D eigenvalue weighted by Gasteiger charge is -2.34. The van der Waals surface area contributed by atoms with Gasteiger partial charge in [0.25, 0.3) is 0 Å². The van der Waals surface area contributed by atoms with Gasteiger partial charge in [0.1, 0.15) is 11.4 Å². The molecule has 4 rings (SSSR count). The first-order chi connectivity index (χ1) is 13.5. The number of nitrogens with one attached hydrogen (secondary N) is 1. The lowest BCUT2D eigenvalue weighted by atomic mass is 9.89. The summed E-state index contributed by atoms with van der Waals surface area (Å²) in [7, 11) is 0. The molecule has 0 spiro atoms. The van der Waals surface area contributed by atoms with Crippen molar-refractivity contribution in [3.63, 3.8) is 0 Å². The third-order valence-electron chi connectivity index (χ3n) is 4.30. The molecule has 0 saturated carbocycles. The van der Waals surface area contributed by atoms with Gasteiger partial charge in [0.05, 0.1) is 6.20 Å². The second-order valence-corrected chi connectivity index (χ2v) is 6.15. The number of hydrogen-bond donors (Lipinski definition) is 3. The van der Waals surface area contributed by atoms with Gasteiger partial charge in [-0.3, -0.25) is 10.7 Å². The maximum Gasteiger partial charge on any atom is 0.387 e. The maximum atomic E-state index is 12.6. The SMILES string of the molecule is Nc1ccc2c(c1)C(N)(c1cccc(OC(F)F)c1)N=C(c1cnccn1)N2. The van der Waals surface area contributed by atoms with Crippen LogP contribution in [0, 0.1) is 0 Å². The van der Waals surface area contributed by atoms with E-state index >= 15 is 0 Å². The number of fused-ring (bicyclic) bond motifs is 1. The zero-order valence-electron chi connectivity index (χ0n) is 14.5. The first-order valence-corrected chi connectivity index (χ1v) is 8.33. The van der Waals surface area contributed by atoms with Gasteiger partial charge in [0, 0.05) is 34.9 Å². The summed E-state index contributed by atoms with van der Waals surface area (Å²) in [6, 6.07) is 11.3. The van der Waals surface area contributed by atoms with Gasteiger partial charge in [-0.1, -0.05) is 12.1 Å². The highest BCUT2D eigenvalue weighted by Gasteiger charge is 2.36. The molecule has 2 heterocycles. The predicted molar refractivity (Wildman–Crippen MR) is 101 cm³/mol. The molecule has 7 nitrogen and oxygen atoms in total. The number of amidine groups is 1. The van der Waals surface area contributed by atoms with Gasteiger partial charge >= 0.3 is 6.61 Å². The van der Waals surface area contributed by atoms with Crippen molar-refractivity contribution in [3.05, 3.63) is 77.9 Å². The number of rotatable bonds is 4. The van der Waals surface area contributed by atoms with E-state index < -0.39 is 12.3 Å². The fraction of sp³-hybridized carbons (Fsp3) is 0.105. The summed E-state index contributed by atoms with van der Waals surface area (Å²) in [5.74, 6) is 0.380. The number of hydrogen-bond acceptors (Lipinski definition) is 7. The van der Waals surface area contributed by atoms with Gasteiger partial charge in [-0.15, -0.1) is 0 Å². The molecule has 0 radical (unpaired) electrons. The van der Waals surface area contributed by atoms with Crippen LogP contribution in [-0.4, -0.2) is 22.4 Å². The fourth-order valence-electron chi connectivity index (χ4n) is 3.05. The van der Waals surface area contributed by atoms with Crippen LogP contribution in [0.1, 0.15) is 16.8 Å². The molecule has 0 bridgehead atoms. The Morgan fingerprint density at radius 1 is 1.11 bits per heavy atom. The molecule has 5 N–H and O–H groups in total. The number of aromatic nitrogens is 2. The lowest BCUT2D eigenvalue weighted by molar-refractivity contribution is -0.0499. The quantitative estimate of drug-likeness (QED) is 0.598. The summed E-state index contributed by atoms with van der Waals surface area (Å²) in [5.41, 5.74) is 14.0. The molecule has 3 aromatic rings. The van der Waals surface area contributed by atoms with Gasteiger partial charge in [-0.05, 0) is 30.3 Å². The zero-order valence-corrected chi connectivity index (χ0v) is 14.5. The van der Waals surface area contributed by atoms with E-state index in [4.69, 9.17) is 11.5 Å². The average Bonchev–Trinajstić information content (AvgIpc) is 2.69. The number of nitrogen functional groups attached to an aromatic ring is 1. The highest BCUT2D eigenvalue weighted by molar-refractivity contribution is 6.09. The normalized spacial score (nSPS) is 18.2. The number of anilines is 2. The average molecular weight is 382 g/mol. The molecular formula is C19H16F2N6O. The summed E-state index contributed by atoms with van der Waals surface area (Å²) < 4.78 is 29.8. The van der Waals surface area contributed by atoms with Crippen molar-refractivity contribution in [2.45, 2.75) is 12.3 Å². The Morgan fingerprint density at radius 2 is 1.96 bits per heavy atom. The molecule has 9 heteroatoms. The number of ether oxygens (including phenoxy) is 1. The molecule has 1 aliphatic rings. The molecule has 0 saturated heterocycles. The zero-order chi connectivity index (χ0) is 19.7. The van der Waals surface area contributed by atoms with E-state index in [2.05, 4.69) is 25.0 Å². The first-order valence-electron chi connectivity index (χ1n) is 8.33. The van der Waals surface area contributed by atoms with Crippen molar-refractivity contribution in [1.82, 2.24) is 9.97 Å². The molecule has 0 fully saturated rings. The van der Waals surface area contributed by atoms with Gasteiger partial charge in [-0.25, -0.2) is 9.98 Å². The monoisotopic (exact) mass is 382 g/mol. The Balaban J connectivity index is 1.89. The maximum absolute atomic E-state index is 12.6. The van der Waals surface area contributed by atoms with E-state index in [0.717, 1.165) is 0 Å². The second kappa shape index (κ2) is 6.86. The van der Waals surface area contributed by atoms with Crippen LogP contribution in [0.25, 0.3) is 0 Å². The van der Waals surface area contributed by atoms with Crippen LogP contribution in [0.4, 0.5) is 20.2 Å². The van der Waals surface area contributed by atoms with Crippen LogP contribution in [-0.2, 0) is 5.66 Å². The van der Waals surface area contributed by atoms with Crippen molar-refractivity contribution in [2.24, 2.45) is 10.7 Å². The molecular weight excluding hydrogens is 366 g/mol. The van der Waals surface area contributed by atoms with E-state index in [1.165, 1.54) is 18.3 Å². The third-order valence-corrected chi connectivity index (χ3v) is 4.30.